The molecule has 0 aromatic heterocycles. The van der Waals surface area contributed by atoms with Crippen molar-refractivity contribution in [1.82, 2.24) is 10.2 Å². The van der Waals surface area contributed by atoms with E-state index in [1.165, 1.54) is 4.90 Å². The predicted octanol–water partition coefficient (Wildman–Crippen LogP) is 0.153. The van der Waals surface area contributed by atoms with Gasteiger partial charge in [0.15, 0.2) is 0 Å². The largest absolute Gasteiger partial charge is 0.399 e. The van der Waals surface area contributed by atoms with Crippen molar-refractivity contribution in [1.29, 1.82) is 0 Å². The predicted molar refractivity (Wildman–Crippen MR) is 76.2 cm³/mol. The monoisotopic (exact) mass is 264 g/mol. The Kier molecular flexibility index (Phi) is 4.74. The number of carbonyl (C=O) groups excluding carboxylic acids is 2. The highest BCUT2D eigenvalue weighted by Gasteiger charge is 2.16. The van der Waals surface area contributed by atoms with Gasteiger partial charge in [-0.05, 0) is 18.2 Å². The third-order valence-corrected chi connectivity index (χ3v) is 2.78. The molecule has 0 aliphatic heterocycles. The van der Waals surface area contributed by atoms with Gasteiger partial charge < -0.3 is 20.9 Å². The number of anilines is 2. The first-order valence-electron chi connectivity index (χ1n) is 5.89. The van der Waals surface area contributed by atoms with Gasteiger partial charge in [-0.2, -0.15) is 0 Å². The van der Waals surface area contributed by atoms with Crippen LogP contribution in [0.15, 0.2) is 18.2 Å². The number of carbonyl (C=O) groups is 2. The summed E-state index contributed by atoms with van der Waals surface area (Å²) in [5, 5.41) is 2.57. The third-order valence-electron chi connectivity index (χ3n) is 2.78. The van der Waals surface area contributed by atoms with E-state index in [1.807, 2.05) is 0 Å². The van der Waals surface area contributed by atoms with Crippen LogP contribution in [0.4, 0.5) is 11.4 Å². The van der Waals surface area contributed by atoms with Gasteiger partial charge in [0.25, 0.3) is 5.91 Å². The van der Waals surface area contributed by atoms with Crippen molar-refractivity contribution in [2.75, 3.05) is 45.4 Å². The molecule has 0 radical (unpaired) electrons. The lowest BCUT2D eigenvalue weighted by Crippen LogP contribution is -2.35. The lowest BCUT2D eigenvalue weighted by molar-refractivity contribution is -0.127. The Morgan fingerprint density at radius 2 is 1.89 bits per heavy atom. The molecule has 0 atom stereocenters. The van der Waals surface area contributed by atoms with Crippen LogP contribution in [0.2, 0.25) is 0 Å². The molecule has 0 aliphatic rings. The van der Waals surface area contributed by atoms with Crippen LogP contribution in [0.5, 0.6) is 0 Å². The van der Waals surface area contributed by atoms with Crippen LogP contribution in [-0.2, 0) is 4.79 Å². The SMILES string of the molecule is CNC(=O)c1ccc(N)cc1N(C)CC(=O)N(C)C. The summed E-state index contributed by atoms with van der Waals surface area (Å²) in [5.74, 6) is -0.257. The maximum absolute atomic E-state index is 11.8. The van der Waals surface area contributed by atoms with E-state index < -0.39 is 0 Å². The Hall–Kier alpha value is -2.24. The quantitative estimate of drug-likeness (QED) is 0.759. The van der Waals surface area contributed by atoms with Gasteiger partial charge in [-0.1, -0.05) is 0 Å². The number of nitrogens with one attached hydrogen (secondary N) is 1. The summed E-state index contributed by atoms with van der Waals surface area (Å²) in [4.78, 5) is 26.7. The minimum absolute atomic E-state index is 0.0484. The molecule has 1 aromatic carbocycles. The van der Waals surface area contributed by atoms with Gasteiger partial charge in [0.1, 0.15) is 0 Å². The molecule has 0 saturated carbocycles. The van der Waals surface area contributed by atoms with Gasteiger partial charge in [0.05, 0.1) is 17.8 Å². The zero-order valence-electron chi connectivity index (χ0n) is 11.7. The average molecular weight is 264 g/mol. The van der Waals surface area contributed by atoms with E-state index in [1.54, 1.807) is 51.3 Å². The molecule has 1 aromatic rings. The van der Waals surface area contributed by atoms with Crippen molar-refractivity contribution < 1.29 is 9.59 Å². The van der Waals surface area contributed by atoms with Crippen LogP contribution >= 0.6 is 0 Å². The zero-order chi connectivity index (χ0) is 14.6. The fourth-order valence-corrected chi connectivity index (χ4v) is 1.62. The first kappa shape index (κ1) is 14.8. The van der Waals surface area contributed by atoms with Crippen molar-refractivity contribution in [3.05, 3.63) is 23.8 Å². The van der Waals surface area contributed by atoms with E-state index in [-0.39, 0.29) is 18.4 Å². The van der Waals surface area contributed by atoms with Gasteiger partial charge in [-0.3, -0.25) is 9.59 Å². The first-order chi connectivity index (χ1) is 8.86. The number of nitrogens with zero attached hydrogens (tertiary/aromatic N) is 2. The average Bonchev–Trinajstić information content (AvgIpc) is 2.37. The second kappa shape index (κ2) is 6.08. The van der Waals surface area contributed by atoms with E-state index in [9.17, 15) is 9.59 Å². The molecule has 3 N–H and O–H groups in total. The summed E-state index contributed by atoms with van der Waals surface area (Å²) in [5.41, 5.74) is 7.42. The van der Waals surface area contributed by atoms with E-state index in [0.29, 0.717) is 16.9 Å². The molecule has 0 aliphatic carbocycles. The smallest absolute Gasteiger partial charge is 0.253 e. The minimum atomic E-state index is -0.209. The lowest BCUT2D eigenvalue weighted by atomic mass is 10.1. The van der Waals surface area contributed by atoms with Crippen molar-refractivity contribution >= 4 is 23.2 Å². The summed E-state index contributed by atoms with van der Waals surface area (Å²) in [6.07, 6.45) is 0. The second-order valence-corrected chi connectivity index (χ2v) is 4.50. The minimum Gasteiger partial charge on any atom is -0.399 e. The summed E-state index contributed by atoms with van der Waals surface area (Å²) in [7, 11) is 6.69. The fraction of sp³-hybridized carbons (Fsp3) is 0.385. The van der Waals surface area contributed by atoms with Gasteiger partial charge in [-0.25, -0.2) is 0 Å². The Morgan fingerprint density at radius 3 is 2.42 bits per heavy atom. The van der Waals surface area contributed by atoms with Crippen LogP contribution in [0.25, 0.3) is 0 Å². The van der Waals surface area contributed by atoms with E-state index >= 15 is 0 Å². The molecule has 2 amide bonds. The standard InChI is InChI=1S/C13H20N4O2/c1-15-13(19)10-6-5-9(14)7-11(10)17(4)8-12(18)16(2)3/h5-7H,8,14H2,1-4H3,(H,15,19). The molecule has 0 saturated heterocycles. The van der Waals surface area contributed by atoms with Gasteiger partial charge in [0, 0.05) is 33.9 Å². The van der Waals surface area contributed by atoms with Crippen LogP contribution in [0.1, 0.15) is 10.4 Å². The molecule has 6 heteroatoms. The number of rotatable bonds is 4. The molecule has 0 heterocycles. The van der Waals surface area contributed by atoms with Crippen LogP contribution < -0.4 is 16.0 Å². The Morgan fingerprint density at radius 1 is 1.26 bits per heavy atom. The van der Waals surface area contributed by atoms with Crippen molar-refractivity contribution in [2.24, 2.45) is 0 Å². The highest BCUT2D eigenvalue weighted by molar-refractivity contribution is 6.00. The van der Waals surface area contributed by atoms with Crippen molar-refractivity contribution in [3.8, 4) is 0 Å². The number of benzene rings is 1. The van der Waals surface area contributed by atoms with E-state index in [2.05, 4.69) is 5.32 Å². The van der Waals surface area contributed by atoms with Crippen molar-refractivity contribution in [2.45, 2.75) is 0 Å². The third kappa shape index (κ3) is 3.61. The van der Waals surface area contributed by atoms with Gasteiger partial charge >= 0.3 is 0 Å². The Bertz CT molecular complexity index is 486. The summed E-state index contributed by atoms with van der Waals surface area (Å²) >= 11 is 0. The molecule has 104 valence electrons. The number of hydrogen-bond acceptors (Lipinski definition) is 4. The molecule has 19 heavy (non-hydrogen) atoms. The molecule has 0 fully saturated rings. The Balaban J connectivity index is 3.06. The number of hydrogen-bond donors (Lipinski definition) is 2. The normalized spacial score (nSPS) is 9.89. The molecule has 0 bridgehead atoms. The maximum Gasteiger partial charge on any atom is 0.253 e. The summed E-state index contributed by atoms with van der Waals surface area (Å²) in [6.45, 7) is 0.181. The number of amides is 2. The second-order valence-electron chi connectivity index (χ2n) is 4.50. The highest BCUT2D eigenvalue weighted by atomic mass is 16.2. The summed E-state index contributed by atoms with van der Waals surface area (Å²) < 4.78 is 0. The fourth-order valence-electron chi connectivity index (χ4n) is 1.62. The Labute approximate surface area is 113 Å². The molecule has 0 unspecified atom stereocenters. The van der Waals surface area contributed by atoms with E-state index in [4.69, 9.17) is 5.73 Å². The molecular formula is C13H20N4O2. The molecule has 1 rings (SSSR count). The molecular weight excluding hydrogens is 244 g/mol. The lowest BCUT2D eigenvalue weighted by Gasteiger charge is -2.23. The van der Waals surface area contributed by atoms with Gasteiger partial charge in [0.2, 0.25) is 5.91 Å². The van der Waals surface area contributed by atoms with Crippen LogP contribution in [-0.4, -0.2) is 51.4 Å². The highest BCUT2D eigenvalue weighted by Crippen LogP contribution is 2.22. The zero-order valence-corrected chi connectivity index (χ0v) is 11.7. The first-order valence-corrected chi connectivity index (χ1v) is 5.89. The topological polar surface area (TPSA) is 78.7 Å². The van der Waals surface area contributed by atoms with Crippen LogP contribution in [0.3, 0.4) is 0 Å². The maximum atomic E-state index is 11.8. The number of nitrogens with two attached hydrogens (primary N) is 1. The molecule has 0 spiro atoms. The van der Waals surface area contributed by atoms with Gasteiger partial charge in [-0.15, -0.1) is 0 Å². The van der Waals surface area contributed by atoms with Crippen LogP contribution in [0, 0.1) is 0 Å². The van der Waals surface area contributed by atoms with E-state index in [0.717, 1.165) is 0 Å². The molecule has 6 nitrogen and oxygen atoms in total. The van der Waals surface area contributed by atoms with Crippen molar-refractivity contribution in [3.63, 3.8) is 0 Å². The number of likely N-dealkylation sites (N-methyl/N-ethyl adjacent to an activating group) is 2. The number of nitrogen functional groups attached to an aromatic ring is 1. The summed E-state index contributed by atoms with van der Waals surface area (Å²) in [6, 6.07) is 5.00.